The minimum Gasteiger partial charge on any atom is -0.339 e. The molecule has 190 valence electrons. The molecule has 1 saturated heterocycles. The number of hydrogen-bond acceptors (Lipinski definition) is 4. The van der Waals surface area contributed by atoms with Gasteiger partial charge in [-0.2, -0.15) is 8.42 Å². The number of hydrogen-bond donors (Lipinski definition) is 0. The van der Waals surface area contributed by atoms with E-state index in [2.05, 4.69) is 17.1 Å². The molecule has 2 heterocycles. The maximum Gasteiger partial charge on any atom is 0.283 e. The number of carbonyl (C=O) groups is 1. The number of imidazole rings is 1. The lowest BCUT2D eigenvalue weighted by Crippen LogP contribution is -2.39. The Balaban J connectivity index is 1.39. The minimum atomic E-state index is -3.92. The lowest BCUT2D eigenvalue weighted by Gasteiger charge is -2.33. The Labute approximate surface area is 218 Å². The summed E-state index contributed by atoms with van der Waals surface area (Å²) in [5.74, 6) is 0.289. The summed E-state index contributed by atoms with van der Waals surface area (Å²) in [4.78, 5) is 19.3. The Morgan fingerprint density at radius 2 is 1.65 bits per heavy atom. The predicted molar refractivity (Wildman–Crippen MR) is 144 cm³/mol. The van der Waals surface area contributed by atoms with Crippen LogP contribution >= 0.6 is 0 Å². The van der Waals surface area contributed by atoms with E-state index < -0.39 is 10.0 Å². The fourth-order valence-corrected chi connectivity index (χ4v) is 6.23. The number of nitrogens with zero attached hydrogens (tertiary/aromatic N) is 4. The van der Waals surface area contributed by atoms with Crippen LogP contribution in [0.1, 0.15) is 40.2 Å². The van der Waals surface area contributed by atoms with Crippen LogP contribution in [0.4, 0.5) is 5.69 Å². The lowest BCUT2D eigenvalue weighted by molar-refractivity contribution is 0.0707. The molecule has 8 heteroatoms. The maximum atomic E-state index is 13.6. The molecule has 0 spiro atoms. The van der Waals surface area contributed by atoms with Crippen LogP contribution < -0.4 is 4.31 Å². The average Bonchev–Trinajstić information content (AvgIpc) is 3.40. The number of rotatable bonds is 7. The number of anilines is 1. The number of amides is 1. The van der Waals surface area contributed by atoms with Gasteiger partial charge in [0.05, 0.1) is 18.6 Å². The van der Waals surface area contributed by atoms with Crippen molar-refractivity contribution < 1.29 is 13.2 Å². The fraction of sp³-hybridized carbons (Fsp3) is 0.241. The van der Waals surface area contributed by atoms with E-state index in [-0.39, 0.29) is 17.5 Å². The summed E-state index contributed by atoms with van der Waals surface area (Å²) in [6.45, 7) is 1.55. The van der Waals surface area contributed by atoms with Crippen LogP contribution in [0.25, 0.3) is 0 Å². The molecule has 3 aromatic carbocycles. The molecule has 1 fully saturated rings. The van der Waals surface area contributed by atoms with Gasteiger partial charge in [0.25, 0.3) is 15.9 Å². The van der Waals surface area contributed by atoms with E-state index in [1.165, 1.54) is 22.4 Å². The van der Waals surface area contributed by atoms with Crippen LogP contribution in [0.15, 0.2) is 102 Å². The van der Waals surface area contributed by atoms with Gasteiger partial charge in [0.2, 0.25) is 0 Å². The van der Waals surface area contributed by atoms with Crippen molar-refractivity contribution in [1.29, 1.82) is 0 Å². The maximum absolute atomic E-state index is 13.6. The largest absolute Gasteiger partial charge is 0.339 e. The van der Waals surface area contributed by atoms with Crippen molar-refractivity contribution in [1.82, 2.24) is 14.5 Å². The Morgan fingerprint density at radius 1 is 0.973 bits per heavy atom. The highest BCUT2D eigenvalue weighted by Gasteiger charge is 2.29. The van der Waals surface area contributed by atoms with E-state index in [1.807, 2.05) is 53.4 Å². The quantitative estimate of drug-likeness (QED) is 0.354. The predicted octanol–water partition coefficient (Wildman–Crippen LogP) is 4.84. The van der Waals surface area contributed by atoms with Gasteiger partial charge < -0.3 is 9.47 Å². The first-order valence-electron chi connectivity index (χ1n) is 12.4. The van der Waals surface area contributed by atoms with E-state index >= 15 is 0 Å². The van der Waals surface area contributed by atoms with Gasteiger partial charge in [-0.15, -0.1) is 0 Å². The van der Waals surface area contributed by atoms with Crippen molar-refractivity contribution in [2.24, 2.45) is 7.05 Å². The molecule has 1 amide bonds. The number of sulfonamides is 1. The Hall–Kier alpha value is -3.91. The van der Waals surface area contributed by atoms with Gasteiger partial charge >= 0.3 is 0 Å². The summed E-state index contributed by atoms with van der Waals surface area (Å²) >= 11 is 0. The molecule has 4 aromatic rings. The van der Waals surface area contributed by atoms with Gasteiger partial charge in [0.15, 0.2) is 5.03 Å². The summed E-state index contributed by atoms with van der Waals surface area (Å²) in [5.41, 5.74) is 3.13. The van der Waals surface area contributed by atoms with Gasteiger partial charge in [-0.05, 0) is 48.2 Å². The van der Waals surface area contributed by atoms with Gasteiger partial charge in [-0.25, -0.2) is 4.98 Å². The van der Waals surface area contributed by atoms with Gasteiger partial charge in [0.1, 0.15) is 0 Å². The number of likely N-dealkylation sites (tertiary alicyclic amines) is 1. The number of carbonyl (C=O) groups excluding carboxylic acids is 1. The minimum absolute atomic E-state index is 0.0219. The molecular weight excluding hydrogens is 484 g/mol. The summed E-state index contributed by atoms with van der Waals surface area (Å²) in [6.07, 6.45) is 4.98. The molecule has 1 unspecified atom stereocenters. The van der Waals surface area contributed by atoms with Gasteiger partial charge in [-0.1, -0.05) is 60.7 Å². The zero-order chi connectivity index (χ0) is 25.8. The first-order valence-corrected chi connectivity index (χ1v) is 13.8. The highest BCUT2D eigenvalue weighted by molar-refractivity contribution is 7.92. The van der Waals surface area contributed by atoms with E-state index in [4.69, 9.17) is 0 Å². The topological polar surface area (TPSA) is 75.5 Å². The zero-order valence-corrected chi connectivity index (χ0v) is 21.6. The molecule has 1 aliphatic rings. The number of aryl methyl sites for hydroxylation is 1. The number of piperidine rings is 1. The summed E-state index contributed by atoms with van der Waals surface area (Å²) < 4.78 is 30.1. The molecule has 0 aliphatic carbocycles. The molecule has 0 radical (unpaired) electrons. The van der Waals surface area contributed by atoms with E-state index in [0.29, 0.717) is 23.7 Å². The van der Waals surface area contributed by atoms with Crippen LogP contribution in [0.3, 0.4) is 0 Å². The van der Waals surface area contributed by atoms with E-state index in [1.54, 1.807) is 35.9 Å². The van der Waals surface area contributed by atoms with E-state index in [0.717, 1.165) is 24.9 Å². The Morgan fingerprint density at radius 3 is 2.30 bits per heavy atom. The monoisotopic (exact) mass is 514 g/mol. The van der Waals surface area contributed by atoms with Crippen LogP contribution in [-0.2, 0) is 23.6 Å². The fourth-order valence-electron chi connectivity index (χ4n) is 4.81. The number of benzene rings is 3. The average molecular weight is 515 g/mol. The molecule has 1 aliphatic heterocycles. The lowest BCUT2D eigenvalue weighted by atomic mass is 9.90. The van der Waals surface area contributed by atoms with Crippen LogP contribution in [0.5, 0.6) is 0 Å². The molecule has 5 rings (SSSR count). The van der Waals surface area contributed by atoms with Crippen molar-refractivity contribution in [2.45, 2.75) is 30.3 Å². The highest BCUT2D eigenvalue weighted by Crippen LogP contribution is 2.29. The molecular formula is C29H30N4O3S. The molecule has 37 heavy (non-hydrogen) atoms. The SMILES string of the molecule is Cn1cnc(S(=O)(=O)N(Cc2ccccc2)c2ccc(C(=O)N3CCCC(c4ccccc4)C3)cc2)c1. The molecule has 1 atom stereocenters. The second-order valence-corrected chi connectivity index (χ2v) is 11.2. The Bertz CT molecular complexity index is 1450. The normalized spacial score (nSPS) is 15.9. The summed E-state index contributed by atoms with van der Waals surface area (Å²) in [7, 11) is -2.18. The second kappa shape index (κ2) is 10.6. The first-order chi connectivity index (χ1) is 17.9. The van der Waals surface area contributed by atoms with Gasteiger partial charge in [0, 0.05) is 37.8 Å². The van der Waals surface area contributed by atoms with Crippen molar-refractivity contribution in [3.8, 4) is 0 Å². The van der Waals surface area contributed by atoms with Gasteiger partial charge in [-0.3, -0.25) is 9.10 Å². The van der Waals surface area contributed by atoms with Crippen LogP contribution in [0, 0.1) is 0 Å². The van der Waals surface area contributed by atoms with Crippen molar-refractivity contribution >= 4 is 21.6 Å². The number of aromatic nitrogens is 2. The molecule has 0 N–H and O–H groups in total. The third kappa shape index (κ3) is 5.44. The van der Waals surface area contributed by atoms with Crippen molar-refractivity contribution in [2.75, 3.05) is 17.4 Å². The summed E-state index contributed by atoms with van der Waals surface area (Å²) in [5, 5.41) is -0.0219. The third-order valence-corrected chi connectivity index (χ3v) is 8.45. The summed E-state index contributed by atoms with van der Waals surface area (Å²) in [6, 6.07) is 26.6. The third-order valence-electron chi connectivity index (χ3n) is 6.79. The van der Waals surface area contributed by atoms with Crippen LogP contribution in [0.2, 0.25) is 0 Å². The Kier molecular flexibility index (Phi) is 7.10. The van der Waals surface area contributed by atoms with Crippen molar-refractivity contribution in [3.05, 3.63) is 114 Å². The molecule has 7 nitrogen and oxygen atoms in total. The smallest absolute Gasteiger partial charge is 0.283 e. The van der Waals surface area contributed by atoms with Crippen molar-refractivity contribution in [3.63, 3.8) is 0 Å². The molecule has 0 saturated carbocycles. The van der Waals surface area contributed by atoms with Crippen LogP contribution in [-0.4, -0.2) is 41.9 Å². The first kappa shape index (κ1) is 24.8. The van der Waals surface area contributed by atoms with E-state index in [9.17, 15) is 13.2 Å². The highest BCUT2D eigenvalue weighted by atomic mass is 32.2. The second-order valence-electron chi connectivity index (χ2n) is 9.42. The standard InChI is InChI=1S/C29H30N4O3S/c1-31-21-28(30-22-31)37(35,36)33(19-23-9-4-2-5-10-23)27-16-14-25(15-17-27)29(34)32-18-8-13-26(20-32)24-11-6-3-7-12-24/h2-7,9-12,14-17,21-22,26H,8,13,18-20H2,1H3. The molecule has 1 aromatic heterocycles. The molecule has 0 bridgehead atoms. The zero-order valence-electron chi connectivity index (χ0n) is 20.8.